The van der Waals surface area contributed by atoms with Crippen LogP contribution in [-0.4, -0.2) is 33.9 Å². The average molecular weight is 272 g/mol. The second-order valence-corrected chi connectivity index (χ2v) is 4.67. The minimum Gasteiger partial charge on any atom is -0.392 e. The van der Waals surface area contributed by atoms with Crippen molar-refractivity contribution >= 4 is 11.7 Å². The molecule has 20 heavy (non-hydrogen) atoms. The highest BCUT2D eigenvalue weighted by Gasteiger charge is 2.22. The van der Waals surface area contributed by atoms with Gasteiger partial charge in [0, 0.05) is 34.8 Å². The monoisotopic (exact) mass is 272 g/mol. The van der Waals surface area contributed by atoms with Gasteiger partial charge in [-0.1, -0.05) is 18.2 Å². The molecule has 6 heteroatoms. The van der Waals surface area contributed by atoms with Gasteiger partial charge in [0.15, 0.2) is 0 Å². The Hall–Kier alpha value is -2.34. The van der Waals surface area contributed by atoms with E-state index in [-0.39, 0.29) is 12.2 Å². The maximum atomic E-state index is 14.1. The van der Waals surface area contributed by atoms with Crippen molar-refractivity contribution in [3.63, 3.8) is 0 Å². The first-order valence-electron chi connectivity index (χ1n) is 6.21. The quantitative estimate of drug-likeness (QED) is 0.890. The van der Waals surface area contributed by atoms with Gasteiger partial charge in [0.25, 0.3) is 0 Å². The molecule has 0 aliphatic carbocycles. The number of halogens is 1. The van der Waals surface area contributed by atoms with Gasteiger partial charge in [-0.3, -0.25) is 0 Å². The fraction of sp³-hybridized carbons (Fsp3) is 0.214. The van der Waals surface area contributed by atoms with Crippen LogP contribution in [-0.2, 0) is 6.61 Å². The first-order chi connectivity index (χ1) is 9.69. The highest BCUT2D eigenvalue weighted by atomic mass is 19.1. The number of aliphatic hydroxyl groups excluding tert-OH is 1. The van der Waals surface area contributed by atoms with Gasteiger partial charge < -0.3 is 15.4 Å². The van der Waals surface area contributed by atoms with E-state index in [1.165, 1.54) is 0 Å². The molecule has 2 heterocycles. The topological polar surface area (TPSA) is 73.1 Å². The Morgan fingerprint density at radius 1 is 1.25 bits per heavy atom. The number of hydrogen-bond acceptors (Lipinski definition) is 5. The number of anilines is 1. The summed E-state index contributed by atoms with van der Waals surface area (Å²) < 4.78 is 14.1. The molecule has 1 aromatic heterocycles. The van der Waals surface area contributed by atoms with E-state index in [1.807, 2.05) is 4.90 Å². The van der Waals surface area contributed by atoms with Crippen molar-refractivity contribution in [1.82, 2.24) is 9.97 Å². The van der Waals surface area contributed by atoms with Gasteiger partial charge in [0.05, 0.1) is 19.7 Å². The molecule has 0 unspecified atom stereocenters. The number of rotatable bonds is 3. The van der Waals surface area contributed by atoms with Crippen LogP contribution < -0.4 is 4.90 Å². The highest BCUT2D eigenvalue weighted by Crippen LogP contribution is 2.25. The molecule has 0 amide bonds. The van der Waals surface area contributed by atoms with E-state index in [0.29, 0.717) is 35.9 Å². The number of hydrogen-bond donors (Lipinski definition) is 2. The van der Waals surface area contributed by atoms with Crippen molar-refractivity contribution in [2.24, 2.45) is 0 Å². The van der Waals surface area contributed by atoms with E-state index >= 15 is 0 Å². The zero-order valence-corrected chi connectivity index (χ0v) is 10.7. The normalized spacial score (nSPS) is 14.3. The summed E-state index contributed by atoms with van der Waals surface area (Å²) in [4.78, 5) is 10.3. The van der Waals surface area contributed by atoms with Crippen LogP contribution in [0.2, 0.25) is 0 Å². The van der Waals surface area contributed by atoms with Gasteiger partial charge in [0.2, 0.25) is 5.95 Å². The van der Waals surface area contributed by atoms with Gasteiger partial charge in [-0.05, 0) is 0 Å². The number of aliphatic hydroxyl groups is 1. The molecule has 5 nitrogen and oxygen atoms in total. The Labute approximate surface area is 115 Å². The third-order valence-electron chi connectivity index (χ3n) is 3.24. The van der Waals surface area contributed by atoms with Crippen LogP contribution in [0.4, 0.5) is 10.3 Å². The van der Waals surface area contributed by atoms with Crippen LogP contribution in [0.3, 0.4) is 0 Å². The maximum Gasteiger partial charge on any atom is 0.225 e. The van der Waals surface area contributed by atoms with Gasteiger partial charge >= 0.3 is 0 Å². The largest absolute Gasteiger partial charge is 0.392 e. The molecule has 1 fully saturated rings. The Morgan fingerprint density at radius 2 is 1.95 bits per heavy atom. The van der Waals surface area contributed by atoms with Crippen LogP contribution in [0.15, 0.2) is 30.6 Å². The summed E-state index contributed by atoms with van der Waals surface area (Å²) >= 11 is 0. The molecule has 1 aliphatic heterocycles. The van der Waals surface area contributed by atoms with E-state index in [9.17, 15) is 4.39 Å². The Morgan fingerprint density at radius 3 is 2.55 bits per heavy atom. The lowest BCUT2D eigenvalue weighted by atomic mass is 10.1. The molecule has 0 saturated carbocycles. The lowest BCUT2D eigenvalue weighted by Gasteiger charge is -2.31. The minimum absolute atomic E-state index is 0.253. The van der Waals surface area contributed by atoms with Crippen molar-refractivity contribution in [3.8, 4) is 11.1 Å². The molecule has 1 aromatic carbocycles. The molecule has 102 valence electrons. The fourth-order valence-corrected chi connectivity index (χ4v) is 2.10. The van der Waals surface area contributed by atoms with Gasteiger partial charge in [0.1, 0.15) is 5.82 Å². The Bertz CT molecular complexity index is 649. The first-order valence-corrected chi connectivity index (χ1v) is 6.21. The fourth-order valence-electron chi connectivity index (χ4n) is 2.10. The van der Waals surface area contributed by atoms with Crippen molar-refractivity contribution in [2.45, 2.75) is 6.61 Å². The van der Waals surface area contributed by atoms with Gasteiger partial charge in [-0.15, -0.1) is 0 Å². The lowest BCUT2D eigenvalue weighted by Crippen LogP contribution is -2.47. The molecule has 1 saturated heterocycles. The summed E-state index contributed by atoms with van der Waals surface area (Å²) in [6.45, 7) is 0.760. The predicted octanol–water partition coefficient (Wildman–Crippen LogP) is 1.61. The van der Waals surface area contributed by atoms with E-state index in [0.717, 1.165) is 0 Å². The molecular formula is C14H13FN4O. The van der Waals surface area contributed by atoms with Crippen LogP contribution in [0.1, 0.15) is 5.56 Å². The summed E-state index contributed by atoms with van der Waals surface area (Å²) in [6.07, 6.45) is 3.12. The second-order valence-electron chi connectivity index (χ2n) is 4.67. The third kappa shape index (κ3) is 2.14. The molecule has 0 atom stereocenters. The van der Waals surface area contributed by atoms with E-state index < -0.39 is 5.82 Å². The molecule has 1 aliphatic rings. The molecule has 0 radical (unpaired) electrons. The molecular weight excluding hydrogens is 259 g/mol. The average Bonchev–Trinajstić information content (AvgIpc) is 2.45. The van der Waals surface area contributed by atoms with Crippen molar-refractivity contribution in [2.75, 3.05) is 18.0 Å². The van der Waals surface area contributed by atoms with Crippen molar-refractivity contribution < 1.29 is 9.50 Å². The number of nitrogens with zero attached hydrogens (tertiary/aromatic N) is 3. The Balaban J connectivity index is 1.89. The smallest absolute Gasteiger partial charge is 0.225 e. The number of nitrogens with one attached hydrogen (secondary N) is 1. The number of aromatic nitrogens is 2. The summed E-state index contributed by atoms with van der Waals surface area (Å²) in [7, 11) is 0. The van der Waals surface area contributed by atoms with Crippen molar-refractivity contribution in [1.29, 1.82) is 5.41 Å². The summed E-state index contributed by atoms with van der Waals surface area (Å²) in [5, 5.41) is 16.5. The van der Waals surface area contributed by atoms with Crippen molar-refractivity contribution in [3.05, 3.63) is 42.0 Å². The standard InChI is InChI=1S/C14H13FN4O/c15-13-9(8-20)2-1-3-12(13)10-4-17-14(18-5-10)19-6-11(16)7-19/h1-5,16,20H,6-8H2. The SMILES string of the molecule is N=C1CN(c2ncc(-c3cccc(CO)c3F)cn2)C1. The minimum atomic E-state index is -0.447. The summed E-state index contributed by atoms with van der Waals surface area (Å²) in [5.41, 5.74) is 1.85. The molecule has 0 spiro atoms. The highest BCUT2D eigenvalue weighted by molar-refractivity contribution is 5.96. The Kier molecular flexibility index (Phi) is 3.15. The number of benzene rings is 1. The van der Waals surface area contributed by atoms with E-state index in [2.05, 4.69) is 9.97 Å². The van der Waals surface area contributed by atoms with Gasteiger partial charge in [-0.25, -0.2) is 14.4 Å². The van der Waals surface area contributed by atoms with Crippen LogP contribution in [0.5, 0.6) is 0 Å². The zero-order chi connectivity index (χ0) is 14.1. The lowest BCUT2D eigenvalue weighted by molar-refractivity contribution is 0.276. The maximum absolute atomic E-state index is 14.1. The first kappa shape index (κ1) is 12.7. The third-order valence-corrected chi connectivity index (χ3v) is 3.24. The van der Waals surface area contributed by atoms with E-state index in [1.54, 1.807) is 30.6 Å². The predicted molar refractivity (Wildman–Crippen MR) is 73.3 cm³/mol. The summed E-state index contributed by atoms with van der Waals surface area (Å²) in [5.74, 6) is 0.0977. The second kappa shape index (κ2) is 4.97. The summed E-state index contributed by atoms with van der Waals surface area (Å²) in [6, 6.07) is 4.86. The van der Waals surface area contributed by atoms with Crippen LogP contribution in [0.25, 0.3) is 11.1 Å². The molecule has 3 rings (SSSR count). The molecule has 0 bridgehead atoms. The van der Waals surface area contributed by atoms with E-state index in [4.69, 9.17) is 10.5 Å². The molecule has 2 N–H and O–H groups in total. The van der Waals surface area contributed by atoms with Gasteiger partial charge in [-0.2, -0.15) is 0 Å². The molecule has 2 aromatic rings. The van der Waals surface area contributed by atoms with Crippen LogP contribution in [0, 0.1) is 11.2 Å². The van der Waals surface area contributed by atoms with Crippen LogP contribution >= 0.6 is 0 Å². The zero-order valence-electron chi connectivity index (χ0n) is 10.7.